The molecule has 2 amide bonds. The van der Waals surface area contributed by atoms with E-state index in [1.165, 1.54) is 21.7 Å². The van der Waals surface area contributed by atoms with E-state index < -0.39 is 11.7 Å². The van der Waals surface area contributed by atoms with Crippen molar-refractivity contribution in [2.45, 2.75) is 39.4 Å². The number of halogens is 2. The molecule has 3 aromatic rings. The summed E-state index contributed by atoms with van der Waals surface area (Å²) in [5.74, 6) is -1.31. The Labute approximate surface area is 190 Å². The molecule has 0 aliphatic rings. The number of aromatic nitrogens is 2. The maximum atomic E-state index is 14.0. The van der Waals surface area contributed by atoms with Crippen LogP contribution in [0.15, 0.2) is 42.5 Å². The highest BCUT2D eigenvalue weighted by Crippen LogP contribution is 2.19. The van der Waals surface area contributed by atoms with Crippen molar-refractivity contribution in [2.24, 2.45) is 0 Å². The Morgan fingerprint density at radius 1 is 1.25 bits per heavy atom. The first kappa shape index (κ1) is 23.4. The topological polar surface area (TPSA) is 84.3 Å². The fourth-order valence-corrected chi connectivity index (χ4v) is 3.57. The highest BCUT2D eigenvalue weighted by Gasteiger charge is 2.23. The van der Waals surface area contributed by atoms with Crippen LogP contribution in [-0.4, -0.2) is 45.4 Å². The van der Waals surface area contributed by atoms with Crippen LogP contribution in [0.3, 0.4) is 0 Å². The van der Waals surface area contributed by atoms with Gasteiger partial charge in [-0.05, 0) is 25.5 Å². The zero-order chi connectivity index (χ0) is 23.3. The van der Waals surface area contributed by atoms with E-state index in [2.05, 4.69) is 10.4 Å². The van der Waals surface area contributed by atoms with E-state index in [1.54, 1.807) is 30.3 Å². The smallest absolute Gasteiger partial charge is 0.245 e. The molecule has 0 aliphatic heterocycles. The second-order valence-corrected chi connectivity index (χ2v) is 7.85. The van der Waals surface area contributed by atoms with E-state index in [4.69, 9.17) is 11.6 Å². The molecule has 0 spiro atoms. The van der Waals surface area contributed by atoms with Crippen molar-refractivity contribution < 1.29 is 18.8 Å². The molecule has 1 atom stereocenters. The fourth-order valence-electron chi connectivity index (χ4n) is 3.38. The summed E-state index contributed by atoms with van der Waals surface area (Å²) in [7, 11) is 0. The number of nitrogens with one attached hydrogen (secondary N) is 1. The van der Waals surface area contributed by atoms with E-state index in [0.29, 0.717) is 23.6 Å². The van der Waals surface area contributed by atoms with Crippen molar-refractivity contribution in [3.8, 4) is 0 Å². The van der Waals surface area contributed by atoms with Gasteiger partial charge in [-0.1, -0.05) is 48.9 Å². The van der Waals surface area contributed by atoms with E-state index in [0.717, 1.165) is 0 Å². The molecule has 32 heavy (non-hydrogen) atoms. The van der Waals surface area contributed by atoms with Crippen molar-refractivity contribution in [1.29, 1.82) is 0 Å². The minimum absolute atomic E-state index is 0.0192. The van der Waals surface area contributed by atoms with Gasteiger partial charge < -0.3 is 10.2 Å². The summed E-state index contributed by atoms with van der Waals surface area (Å²) in [4.78, 5) is 38.4. The predicted octanol–water partition coefficient (Wildman–Crippen LogP) is 3.58. The second-order valence-electron chi connectivity index (χ2n) is 7.45. The molecular weight excluding hydrogens is 435 g/mol. The number of carbonyl (C=O) groups excluding carboxylic acids is 3. The number of hydrogen-bond acceptors (Lipinski definition) is 4. The Bertz CT molecular complexity index is 1150. The van der Waals surface area contributed by atoms with E-state index in [-0.39, 0.29) is 47.9 Å². The number of hydrogen-bond donors (Lipinski definition) is 1. The molecule has 7 nitrogen and oxygen atoms in total. The van der Waals surface area contributed by atoms with Crippen LogP contribution >= 0.6 is 11.6 Å². The first-order chi connectivity index (χ1) is 15.3. The number of benzene rings is 2. The van der Waals surface area contributed by atoms with Gasteiger partial charge in [0, 0.05) is 23.5 Å². The van der Waals surface area contributed by atoms with Crippen LogP contribution < -0.4 is 5.32 Å². The van der Waals surface area contributed by atoms with Gasteiger partial charge in [0.2, 0.25) is 11.8 Å². The molecule has 3 rings (SSSR count). The molecule has 0 saturated heterocycles. The Hall–Kier alpha value is -3.26. The highest BCUT2D eigenvalue weighted by molar-refractivity contribution is 6.30. The predicted molar refractivity (Wildman–Crippen MR) is 120 cm³/mol. The second kappa shape index (κ2) is 10.4. The SMILES string of the molecule is CCC(C)N(CC(=O)NCc1cccc(Cl)c1F)C(=O)Cn1nc(C=O)c2ccccc21. The van der Waals surface area contributed by atoms with E-state index in [1.807, 2.05) is 13.8 Å². The Kier molecular flexibility index (Phi) is 7.58. The number of rotatable bonds is 9. The molecule has 2 aromatic carbocycles. The van der Waals surface area contributed by atoms with Crippen LogP contribution in [0.5, 0.6) is 0 Å². The van der Waals surface area contributed by atoms with Crippen LogP contribution in [0.2, 0.25) is 5.02 Å². The quantitative estimate of drug-likeness (QED) is 0.497. The Balaban J connectivity index is 1.72. The van der Waals surface area contributed by atoms with Crippen molar-refractivity contribution in [2.75, 3.05) is 6.54 Å². The Morgan fingerprint density at radius 2 is 2.00 bits per heavy atom. The van der Waals surface area contributed by atoms with E-state index >= 15 is 0 Å². The van der Waals surface area contributed by atoms with Gasteiger partial charge in [-0.25, -0.2) is 4.39 Å². The maximum absolute atomic E-state index is 14.0. The normalized spacial score (nSPS) is 11.9. The molecular formula is C23H24ClFN4O3. The lowest BCUT2D eigenvalue weighted by Gasteiger charge is -2.28. The fraction of sp³-hybridized carbons (Fsp3) is 0.304. The zero-order valence-electron chi connectivity index (χ0n) is 17.8. The van der Waals surface area contributed by atoms with Crippen molar-refractivity contribution in [3.05, 3.63) is 64.6 Å². The third-order valence-electron chi connectivity index (χ3n) is 5.35. The molecule has 0 saturated carbocycles. The lowest BCUT2D eigenvalue weighted by atomic mass is 10.2. The summed E-state index contributed by atoms with van der Waals surface area (Å²) in [6, 6.07) is 11.5. The highest BCUT2D eigenvalue weighted by atomic mass is 35.5. The Morgan fingerprint density at radius 3 is 2.72 bits per heavy atom. The molecule has 1 N–H and O–H groups in total. The monoisotopic (exact) mass is 458 g/mol. The zero-order valence-corrected chi connectivity index (χ0v) is 18.6. The molecule has 0 fully saturated rings. The molecule has 9 heteroatoms. The minimum Gasteiger partial charge on any atom is -0.350 e. The van der Waals surface area contributed by atoms with Gasteiger partial charge in [0.05, 0.1) is 17.1 Å². The number of para-hydroxylation sites is 1. The average Bonchev–Trinajstić information content (AvgIpc) is 3.15. The molecule has 168 valence electrons. The summed E-state index contributed by atoms with van der Waals surface area (Å²) in [6.07, 6.45) is 1.29. The van der Waals surface area contributed by atoms with Gasteiger partial charge in [0.1, 0.15) is 18.1 Å². The van der Waals surface area contributed by atoms with Crippen molar-refractivity contribution in [3.63, 3.8) is 0 Å². The van der Waals surface area contributed by atoms with Crippen molar-refractivity contribution in [1.82, 2.24) is 20.0 Å². The summed E-state index contributed by atoms with van der Waals surface area (Å²) in [6.45, 7) is 3.42. The first-order valence-electron chi connectivity index (χ1n) is 10.3. The molecule has 1 aromatic heterocycles. The summed E-state index contributed by atoms with van der Waals surface area (Å²) in [5, 5.41) is 7.51. The van der Waals surface area contributed by atoms with Crippen LogP contribution in [0.4, 0.5) is 4.39 Å². The largest absolute Gasteiger partial charge is 0.350 e. The molecule has 0 bridgehead atoms. The summed E-state index contributed by atoms with van der Waals surface area (Å²) >= 11 is 5.78. The summed E-state index contributed by atoms with van der Waals surface area (Å²) in [5.41, 5.74) is 1.18. The molecule has 1 heterocycles. The third-order valence-corrected chi connectivity index (χ3v) is 5.64. The average molecular weight is 459 g/mol. The van der Waals surface area contributed by atoms with E-state index in [9.17, 15) is 18.8 Å². The van der Waals surface area contributed by atoms with Gasteiger partial charge in [-0.15, -0.1) is 0 Å². The van der Waals surface area contributed by atoms with Gasteiger partial charge in [-0.3, -0.25) is 19.1 Å². The van der Waals surface area contributed by atoms with Crippen LogP contribution in [0, 0.1) is 5.82 Å². The van der Waals surface area contributed by atoms with Gasteiger partial charge in [-0.2, -0.15) is 5.10 Å². The van der Waals surface area contributed by atoms with Gasteiger partial charge >= 0.3 is 0 Å². The van der Waals surface area contributed by atoms with Crippen LogP contribution in [0.1, 0.15) is 36.3 Å². The standard InChI is InChI=1S/C23H24ClFN4O3/c1-3-15(2)28(12-21(31)26-11-16-7-6-9-18(24)23(16)25)22(32)13-29-20-10-5-4-8-17(20)19(14-30)27-29/h4-10,14-15H,3,11-13H2,1-2H3,(H,26,31). The number of amides is 2. The number of fused-ring (bicyclic) bond motifs is 1. The van der Waals surface area contributed by atoms with Crippen LogP contribution in [0.25, 0.3) is 10.9 Å². The van der Waals surface area contributed by atoms with Gasteiger partial charge in [0.25, 0.3) is 0 Å². The maximum Gasteiger partial charge on any atom is 0.245 e. The number of aldehydes is 1. The molecule has 0 aliphatic carbocycles. The minimum atomic E-state index is -0.583. The number of carbonyl (C=O) groups is 3. The molecule has 0 radical (unpaired) electrons. The van der Waals surface area contributed by atoms with Gasteiger partial charge in [0.15, 0.2) is 6.29 Å². The van der Waals surface area contributed by atoms with Crippen molar-refractivity contribution >= 4 is 40.6 Å². The third kappa shape index (κ3) is 5.13. The number of nitrogens with zero attached hydrogens (tertiary/aromatic N) is 3. The first-order valence-corrected chi connectivity index (χ1v) is 10.6. The van der Waals surface area contributed by atoms with Crippen LogP contribution in [-0.2, 0) is 22.7 Å². The summed E-state index contributed by atoms with van der Waals surface area (Å²) < 4.78 is 15.5. The lowest BCUT2D eigenvalue weighted by molar-refractivity contribution is -0.138. The lowest BCUT2D eigenvalue weighted by Crippen LogP contribution is -2.46. The molecule has 1 unspecified atom stereocenters.